The zero-order valence-corrected chi connectivity index (χ0v) is 66.7. The maximum Gasteiger partial charge on any atom is 0.305 e. The van der Waals surface area contributed by atoms with Crippen molar-refractivity contribution < 1.29 is 30.0 Å². The molecule has 0 saturated carbocycles. The smallest absolute Gasteiger partial charge is 0.305 e. The maximum atomic E-state index is 13.0. The molecule has 4 N–H and O–H groups in total. The molecular weight excluding hydrogens is 1260 g/mol. The number of unbranched alkanes of at least 4 members (excludes halogenated alkanes) is 28. The first-order chi connectivity index (χ1) is 48.7. The van der Waals surface area contributed by atoms with Crippen molar-refractivity contribution in [3.8, 4) is 0 Å². The Balaban J connectivity index is 2.49. The number of rotatable bonds is 75. The van der Waals surface area contributed by atoms with Crippen LogP contribution in [0.4, 0.5) is 0 Å². The van der Waals surface area contributed by atoms with Crippen LogP contribution in [0, 0.1) is 0 Å². The van der Waals surface area contributed by atoms with Crippen LogP contribution in [0.1, 0.15) is 329 Å². The van der Waals surface area contributed by atoms with Crippen LogP contribution < -0.4 is 0 Å². The summed E-state index contributed by atoms with van der Waals surface area (Å²) in [6.07, 6.45) is 88.0. The molecule has 576 valence electrons. The van der Waals surface area contributed by atoms with Crippen LogP contribution in [0.5, 0.6) is 0 Å². The predicted molar refractivity (Wildman–Crippen MR) is 438 cm³/mol. The average Bonchev–Trinajstić information content (AvgIpc) is 1.94. The second-order valence-corrected chi connectivity index (χ2v) is 31.5. The quantitative estimate of drug-likeness (QED) is 0.0201. The number of nitrogens with zero attached hydrogens (tertiary/aromatic N) is 4. The third-order valence-electron chi connectivity index (χ3n) is 19.1. The van der Waals surface area contributed by atoms with Crippen molar-refractivity contribution in [2.75, 3.05) is 96.6 Å². The standard InChI is InChI=1S/C87H160N4O6S2/c1-5-9-13-17-21-25-29-33-37-41-45-49-53-57-63-83(92)79-90(80-84(93)64-58-54-50-46-42-38-34-30-26-22-18-14-10-6-2)68-61-67-87(96)97-76-74-88-70-72-89(73-71-88)75-78-99-98-77-62-69-91(81-85(94)65-59-55-51-47-43-39-35-31-27-23-19-15-11-7-3)82-86(95)66-60-56-52-48-44-40-36-32-28-24-20-16-12-8-4/h9-10,13-14,21-22,25-26,33-40,83-86,92-95H,5-8,11-12,15-20,23-24,27-32,41-82H2,1-4H3/b13-9-,14-10-,25-21-,26-22-,37-33-,38-34-,39-35-,40-36-. The topological polar surface area (TPSA) is 120 Å². The van der Waals surface area contributed by atoms with Crippen molar-refractivity contribution in [2.45, 2.75) is 354 Å². The summed E-state index contributed by atoms with van der Waals surface area (Å²) in [6, 6.07) is 0. The lowest BCUT2D eigenvalue weighted by molar-refractivity contribution is -0.144. The minimum absolute atomic E-state index is 0.160. The van der Waals surface area contributed by atoms with Crippen LogP contribution in [-0.4, -0.2) is 167 Å². The van der Waals surface area contributed by atoms with E-state index < -0.39 is 12.2 Å². The van der Waals surface area contributed by atoms with Crippen LogP contribution in [0.2, 0.25) is 0 Å². The van der Waals surface area contributed by atoms with Crippen molar-refractivity contribution in [3.63, 3.8) is 0 Å². The Morgan fingerprint density at radius 2 is 0.646 bits per heavy atom. The SMILES string of the molecule is CC/C=C\C/C=C\C/C=C\CCCCCCC(O)CN(CCCC(=O)OCCN1CCN(CCSSCCCN(CC(O)CCCCCC/C=C\CCCCCCCC)CC(O)CCCCCC/C=C\CCCCCCCC)CC1)CC(O)CCCCCC/C=C\C/C=C\C/C=C\CC. The van der Waals surface area contributed by atoms with Gasteiger partial charge in [-0.1, -0.05) is 288 Å². The highest BCUT2D eigenvalue weighted by atomic mass is 33.1. The molecule has 1 aliphatic rings. The van der Waals surface area contributed by atoms with Crippen molar-refractivity contribution in [1.29, 1.82) is 0 Å². The molecule has 99 heavy (non-hydrogen) atoms. The number of ether oxygens (including phenoxy) is 1. The molecule has 4 atom stereocenters. The molecule has 0 aromatic carbocycles. The molecule has 0 amide bonds. The summed E-state index contributed by atoms with van der Waals surface area (Å²) in [5.41, 5.74) is 0. The van der Waals surface area contributed by atoms with E-state index in [9.17, 15) is 25.2 Å². The molecule has 10 nitrogen and oxygen atoms in total. The second-order valence-electron chi connectivity index (χ2n) is 28.7. The first-order valence-corrected chi connectivity index (χ1v) is 44.4. The van der Waals surface area contributed by atoms with Gasteiger partial charge in [0.2, 0.25) is 0 Å². The van der Waals surface area contributed by atoms with Crippen LogP contribution in [0.15, 0.2) is 97.2 Å². The van der Waals surface area contributed by atoms with Crippen molar-refractivity contribution in [2.24, 2.45) is 0 Å². The number of allylic oxidation sites excluding steroid dienone is 16. The number of hydrogen-bond acceptors (Lipinski definition) is 12. The van der Waals surface area contributed by atoms with Crippen molar-refractivity contribution in [1.82, 2.24) is 19.6 Å². The molecule has 4 unspecified atom stereocenters. The van der Waals surface area contributed by atoms with Gasteiger partial charge < -0.3 is 25.2 Å². The summed E-state index contributed by atoms with van der Waals surface area (Å²) >= 11 is 0. The molecule has 0 bridgehead atoms. The third kappa shape index (κ3) is 69.9. The molecule has 0 spiro atoms. The summed E-state index contributed by atoms with van der Waals surface area (Å²) in [5.74, 6) is 2.00. The monoisotopic (exact) mass is 1420 g/mol. The summed E-state index contributed by atoms with van der Waals surface area (Å²) in [5, 5.41) is 44.8. The summed E-state index contributed by atoms with van der Waals surface area (Å²) < 4.78 is 5.78. The van der Waals surface area contributed by atoms with E-state index in [1.807, 2.05) is 21.6 Å². The van der Waals surface area contributed by atoms with Gasteiger partial charge in [0.05, 0.1) is 24.4 Å². The van der Waals surface area contributed by atoms with Gasteiger partial charge in [-0.3, -0.25) is 24.4 Å². The first-order valence-electron chi connectivity index (χ1n) is 41.9. The molecule has 0 aromatic rings. The van der Waals surface area contributed by atoms with Crippen molar-refractivity contribution >= 4 is 27.6 Å². The van der Waals surface area contributed by atoms with Crippen molar-refractivity contribution in [3.05, 3.63) is 97.2 Å². The fourth-order valence-corrected chi connectivity index (χ4v) is 15.0. The Hall–Kier alpha value is -2.23. The lowest BCUT2D eigenvalue weighted by atomic mass is 10.1. The van der Waals surface area contributed by atoms with Gasteiger partial charge in [0.15, 0.2) is 0 Å². The van der Waals surface area contributed by atoms with E-state index in [1.54, 1.807) is 0 Å². The first kappa shape index (κ1) is 94.8. The number of aliphatic hydroxyl groups excluding tert-OH is 4. The number of carbonyl (C=O) groups is 1. The predicted octanol–water partition coefficient (Wildman–Crippen LogP) is 22.4. The van der Waals surface area contributed by atoms with E-state index in [4.69, 9.17) is 4.74 Å². The Labute approximate surface area is 621 Å². The normalized spacial score (nSPS) is 15.2. The van der Waals surface area contributed by atoms with Crippen LogP contribution >= 0.6 is 21.6 Å². The highest BCUT2D eigenvalue weighted by Gasteiger charge is 2.20. The molecule has 12 heteroatoms. The zero-order chi connectivity index (χ0) is 71.5. The lowest BCUT2D eigenvalue weighted by Crippen LogP contribution is -2.47. The Morgan fingerprint density at radius 1 is 0.354 bits per heavy atom. The van der Waals surface area contributed by atoms with E-state index in [1.165, 1.54) is 167 Å². The molecule has 1 saturated heterocycles. The van der Waals surface area contributed by atoms with Gasteiger partial charge in [-0.25, -0.2) is 0 Å². The van der Waals surface area contributed by atoms with Crippen LogP contribution in [0.25, 0.3) is 0 Å². The summed E-state index contributed by atoms with van der Waals surface area (Å²) in [7, 11) is 3.94. The van der Waals surface area contributed by atoms with E-state index in [2.05, 4.69) is 145 Å². The number of piperazine rings is 1. The molecule has 1 fully saturated rings. The number of aliphatic hydroxyl groups is 4. The lowest BCUT2D eigenvalue weighted by Gasteiger charge is -2.34. The Morgan fingerprint density at radius 3 is 1.01 bits per heavy atom. The molecule has 1 rings (SSSR count). The highest BCUT2D eigenvalue weighted by molar-refractivity contribution is 8.76. The Kier molecular flexibility index (Phi) is 73.6. The Bertz CT molecular complexity index is 1830. The van der Waals surface area contributed by atoms with Gasteiger partial charge in [-0.15, -0.1) is 0 Å². The summed E-state index contributed by atoms with van der Waals surface area (Å²) in [4.78, 5) is 22.6. The molecule has 0 aromatic heterocycles. The number of carbonyl (C=O) groups excluding carboxylic acids is 1. The fourth-order valence-electron chi connectivity index (χ4n) is 12.9. The molecule has 1 heterocycles. The van der Waals surface area contributed by atoms with Crippen LogP contribution in [0.3, 0.4) is 0 Å². The second kappa shape index (κ2) is 76.9. The molecular formula is C87H160N4O6S2. The average molecular weight is 1420 g/mol. The van der Waals surface area contributed by atoms with Gasteiger partial charge in [0.1, 0.15) is 6.61 Å². The molecule has 1 aliphatic heterocycles. The maximum absolute atomic E-state index is 13.0. The van der Waals surface area contributed by atoms with Gasteiger partial charge in [-0.2, -0.15) is 0 Å². The molecule has 0 aliphatic carbocycles. The third-order valence-corrected chi connectivity index (χ3v) is 21.6. The van der Waals surface area contributed by atoms with E-state index in [-0.39, 0.29) is 18.2 Å². The summed E-state index contributed by atoms with van der Waals surface area (Å²) in [6.45, 7) is 19.1. The fraction of sp³-hybridized carbons (Fsp3) is 0.805. The number of esters is 1. The van der Waals surface area contributed by atoms with E-state index >= 15 is 0 Å². The van der Waals surface area contributed by atoms with E-state index in [0.717, 1.165) is 179 Å². The molecule has 0 radical (unpaired) electrons. The van der Waals surface area contributed by atoms with Crippen LogP contribution in [-0.2, 0) is 9.53 Å². The van der Waals surface area contributed by atoms with Gasteiger partial charge in [0.25, 0.3) is 0 Å². The van der Waals surface area contributed by atoms with Gasteiger partial charge in [-0.05, 0) is 167 Å². The number of hydrogen-bond donors (Lipinski definition) is 4. The minimum atomic E-state index is -0.451. The van der Waals surface area contributed by atoms with E-state index in [0.29, 0.717) is 52.2 Å². The van der Waals surface area contributed by atoms with Gasteiger partial charge >= 0.3 is 5.97 Å². The highest BCUT2D eigenvalue weighted by Crippen LogP contribution is 2.23. The van der Waals surface area contributed by atoms with Gasteiger partial charge in [0, 0.05) is 83.4 Å². The largest absolute Gasteiger partial charge is 0.464 e. The zero-order valence-electron chi connectivity index (χ0n) is 65.1. The minimum Gasteiger partial charge on any atom is -0.464 e.